The monoisotopic (exact) mass is 396 g/mol. The SMILES string of the molecule is O=C(O)c1ccc(-c2ccc(F)cc2)cc1CCc1ccc(-c2ccccc2)cc1. The number of halogens is 1. The molecule has 1 N–H and O–H groups in total. The van der Waals surface area contributed by atoms with Gasteiger partial charge >= 0.3 is 5.97 Å². The molecule has 4 rings (SSSR count). The Labute approximate surface area is 175 Å². The fraction of sp³-hybridized carbons (Fsp3) is 0.0741. The molecule has 0 saturated heterocycles. The summed E-state index contributed by atoms with van der Waals surface area (Å²) < 4.78 is 13.2. The van der Waals surface area contributed by atoms with E-state index in [1.807, 2.05) is 24.3 Å². The molecule has 148 valence electrons. The fourth-order valence-corrected chi connectivity index (χ4v) is 3.60. The van der Waals surface area contributed by atoms with Crippen LogP contribution in [-0.2, 0) is 12.8 Å². The lowest BCUT2D eigenvalue weighted by atomic mass is 9.94. The maximum Gasteiger partial charge on any atom is 0.335 e. The normalized spacial score (nSPS) is 10.7. The average Bonchev–Trinajstić information content (AvgIpc) is 2.79. The fourth-order valence-electron chi connectivity index (χ4n) is 3.60. The Hall–Kier alpha value is -3.72. The zero-order chi connectivity index (χ0) is 20.9. The largest absolute Gasteiger partial charge is 0.478 e. The predicted octanol–water partition coefficient (Wildman–Crippen LogP) is 6.64. The number of benzene rings is 4. The number of hydrogen-bond donors (Lipinski definition) is 1. The van der Waals surface area contributed by atoms with E-state index < -0.39 is 5.97 Å². The molecule has 0 spiro atoms. The summed E-state index contributed by atoms with van der Waals surface area (Å²) in [5.74, 6) is -1.23. The summed E-state index contributed by atoms with van der Waals surface area (Å²) >= 11 is 0. The van der Waals surface area contributed by atoms with Crippen LogP contribution >= 0.6 is 0 Å². The van der Waals surface area contributed by atoms with Gasteiger partial charge < -0.3 is 5.11 Å². The molecule has 0 aliphatic rings. The van der Waals surface area contributed by atoms with Gasteiger partial charge in [0.05, 0.1) is 5.56 Å². The number of carboxylic acid groups (broad SMARTS) is 1. The maximum atomic E-state index is 13.2. The molecule has 0 heterocycles. The van der Waals surface area contributed by atoms with Gasteiger partial charge in [0, 0.05) is 0 Å². The third-order valence-electron chi connectivity index (χ3n) is 5.26. The first kappa shape index (κ1) is 19.6. The number of carbonyl (C=O) groups is 1. The molecule has 0 bridgehead atoms. The van der Waals surface area contributed by atoms with E-state index in [1.165, 1.54) is 17.7 Å². The Morgan fingerprint density at radius 2 is 1.23 bits per heavy atom. The quantitative estimate of drug-likeness (QED) is 0.396. The third-order valence-corrected chi connectivity index (χ3v) is 5.26. The molecule has 0 fully saturated rings. The van der Waals surface area contributed by atoms with Gasteiger partial charge in [0.25, 0.3) is 0 Å². The van der Waals surface area contributed by atoms with Gasteiger partial charge in [-0.25, -0.2) is 9.18 Å². The van der Waals surface area contributed by atoms with Crippen LogP contribution < -0.4 is 0 Å². The molecule has 0 unspecified atom stereocenters. The summed E-state index contributed by atoms with van der Waals surface area (Å²) in [6.07, 6.45) is 1.35. The Kier molecular flexibility index (Phi) is 5.71. The zero-order valence-electron chi connectivity index (χ0n) is 16.4. The van der Waals surface area contributed by atoms with Crippen LogP contribution in [0.15, 0.2) is 97.1 Å². The predicted molar refractivity (Wildman–Crippen MR) is 118 cm³/mol. The lowest BCUT2D eigenvalue weighted by Crippen LogP contribution is -2.04. The van der Waals surface area contributed by atoms with E-state index in [1.54, 1.807) is 24.3 Å². The highest BCUT2D eigenvalue weighted by Crippen LogP contribution is 2.25. The van der Waals surface area contributed by atoms with E-state index >= 15 is 0 Å². The highest BCUT2D eigenvalue weighted by atomic mass is 19.1. The van der Waals surface area contributed by atoms with Gasteiger partial charge in [-0.05, 0) is 64.4 Å². The molecule has 3 heteroatoms. The summed E-state index contributed by atoms with van der Waals surface area (Å²) in [7, 11) is 0. The van der Waals surface area contributed by atoms with Crippen molar-refractivity contribution in [3.63, 3.8) is 0 Å². The summed E-state index contributed by atoms with van der Waals surface area (Å²) in [6.45, 7) is 0. The molecule has 0 aliphatic carbocycles. The minimum atomic E-state index is -0.935. The maximum absolute atomic E-state index is 13.2. The van der Waals surface area contributed by atoms with Crippen molar-refractivity contribution in [3.8, 4) is 22.3 Å². The first-order chi connectivity index (χ1) is 14.6. The molecule has 0 saturated carbocycles. The summed E-state index contributed by atoms with van der Waals surface area (Å²) in [5.41, 5.74) is 6.31. The molecule has 2 nitrogen and oxygen atoms in total. The van der Waals surface area contributed by atoms with Crippen LogP contribution in [0.2, 0.25) is 0 Å². The molecule has 0 aromatic heterocycles. The van der Waals surface area contributed by atoms with Gasteiger partial charge in [0.15, 0.2) is 0 Å². The van der Waals surface area contributed by atoms with E-state index in [0.29, 0.717) is 12.0 Å². The van der Waals surface area contributed by atoms with Gasteiger partial charge in [-0.15, -0.1) is 0 Å². The van der Waals surface area contributed by atoms with Crippen LogP contribution in [0, 0.1) is 5.82 Å². The molecule has 0 aliphatic heterocycles. The molecule has 4 aromatic carbocycles. The second-order valence-electron chi connectivity index (χ2n) is 7.25. The van der Waals surface area contributed by atoms with Crippen molar-refractivity contribution in [2.24, 2.45) is 0 Å². The minimum absolute atomic E-state index is 0.292. The lowest BCUT2D eigenvalue weighted by Gasteiger charge is -2.10. The van der Waals surface area contributed by atoms with Crippen LogP contribution in [0.5, 0.6) is 0 Å². The molecule has 4 aromatic rings. The molecule has 0 atom stereocenters. The number of hydrogen-bond acceptors (Lipinski definition) is 1. The number of carboxylic acids is 1. The Bertz CT molecular complexity index is 1150. The topological polar surface area (TPSA) is 37.3 Å². The van der Waals surface area contributed by atoms with Gasteiger partial charge in [-0.2, -0.15) is 0 Å². The van der Waals surface area contributed by atoms with Crippen molar-refractivity contribution in [2.75, 3.05) is 0 Å². The first-order valence-electron chi connectivity index (χ1n) is 9.87. The van der Waals surface area contributed by atoms with Gasteiger partial charge in [0.2, 0.25) is 0 Å². The number of aromatic carboxylic acids is 1. The van der Waals surface area contributed by atoms with E-state index in [-0.39, 0.29) is 5.82 Å². The zero-order valence-corrected chi connectivity index (χ0v) is 16.4. The Morgan fingerprint density at radius 1 is 0.667 bits per heavy atom. The van der Waals surface area contributed by atoms with E-state index in [4.69, 9.17) is 0 Å². The molecule has 30 heavy (non-hydrogen) atoms. The molecule has 0 radical (unpaired) electrons. The smallest absolute Gasteiger partial charge is 0.335 e. The number of aryl methyl sites for hydroxylation is 2. The minimum Gasteiger partial charge on any atom is -0.478 e. The van der Waals surface area contributed by atoms with Gasteiger partial charge in [0.1, 0.15) is 5.82 Å². The van der Waals surface area contributed by atoms with Crippen molar-refractivity contribution < 1.29 is 14.3 Å². The van der Waals surface area contributed by atoms with Gasteiger partial charge in [-0.1, -0.05) is 78.9 Å². The molecular formula is C27H21FO2. The lowest BCUT2D eigenvalue weighted by molar-refractivity contribution is 0.0695. The van der Waals surface area contributed by atoms with Gasteiger partial charge in [-0.3, -0.25) is 0 Å². The molecular weight excluding hydrogens is 375 g/mol. The second kappa shape index (κ2) is 8.75. The summed E-state index contributed by atoms with van der Waals surface area (Å²) in [5, 5.41) is 9.57. The van der Waals surface area contributed by atoms with E-state index in [9.17, 15) is 14.3 Å². The van der Waals surface area contributed by atoms with Crippen LogP contribution in [0.25, 0.3) is 22.3 Å². The number of rotatable bonds is 6. The van der Waals surface area contributed by atoms with Crippen LogP contribution in [0.1, 0.15) is 21.5 Å². The van der Waals surface area contributed by atoms with Crippen molar-refractivity contribution in [1.29, 1.82) is 0 Å². The molecule has 0 amide bonds. The third kappa shape index (κ3) is 4.47. The highest BCUT2D eigenvalue weighted by molar-refractivity contribution is 5.90. The summed E-state index contributed by atoms with van der Waals surface area (Å²) in [6, 6.07) is 30.1. The van der Waals surface area contributed by atoms with Crippen molar-refractivity contribution in [1.82, 2.24) is 0 Å². The van der Waals surface area contributed by atoms with Crippen molar-refractivity contribution in [2.45, 2.75) is 12.8 Å². The van der Waals surface area contributed by atoms with Crippen LogP contribution in [-0.4, -0.2) is 11.1 Å². The van der Waals surface area contributed by atoms with Crippen molar-refractivity contribution >= 4 is 5.97 Å². The van der Waals surface area contributed by atoms with Crippen LogP contribution in [0.4, 0.5) is 4.39 Å². The Morgan fingerprint density at radius 3 is 1.90 bits per heavy atom. The van der Waals surface area contributed by atoms with E-state index in [0.717, 1.165) is 34.2 Å². The van der Waals surface area contributed by atoms with E-state index in [2.05, 4.69) is 36.4 Å². The second-order valence-corrected chi connectivity index (χ2v) is 7.25. The Balaban J connectivity index is 1.55. The van der Waals surface area contributed by atoms with Crippen LogP contribution in [0.3, 0.4) is 0 Å². The standard InChI is InChI=1S/C27H21FO2/c28-25-15-12-22(13-16-25)23-14-17-26(27(29)30)24(18-23)11-8-19-6-9-21(10-7-19)20-4-2-1-3-5-20/h1-7,9-10,12-18H,8,11H2,(H,29,30). The van der Waals surface area contributed by atoms with Crippen molar-refractivity contribution in [3.05, 3.63) is 120 Å². The summed E-state index contributed by atoms with van der Waals surface area (Å²) in [4.78, 5) is 11.7. The average molecular weight is 396 g/mol. The highest BCUT2D eigenvalue weighted by Gasteiger charge is 2.12. The first-order valence-corrected chi connectivity index (χ1v) is 9.87.